The molecule has 0 nitrogen and oxygen atoms in total. The van der Waals surface area contributed by atoms with Crippen LogP contribution in [0.5, 0.6) is 0 Å². The third kappa shape index (κ3) is 4.52. The van der Waals surface area contributed by atoms with E-state index in [4.69, 9.17) is 0 Å². The van der Waals surface area contributed by atoms with Crippen LogP contribution in [-0.2, 0) is 5.41 Å². The maximum Gasteiger partial charge on any atom is 0.0722 e. The molecule has 0 fully saturated rings. The first-order chi connectivity index (χ1) is 20.7. The minimum absolute atomic E-state index is 0.510. The molecule has 0 aromatic heterocycles. The molecule has 0 unspecified atom stereocenters. The predicted molar refractivity (Wildman–Crippen MR) is 199 cm³/mol. The van der Waals surface area contributed by atoms with E-state index < -0.39 is 5.41 Å². The van der Waals surface area contributed by atoms with Crippen molar-refractivity contribution < 1.29 is 0 Å². The summed E-state index contributed by atoms with van der Waals surface area (Å²) in [7, 11) is 0. The molecule has 0 amide bonds. The van der Waals surface area contributed by atoms with Gasteiger partial charge in [-0.25, -0.2) is 0 Å². The van der Waals surface area contributed by atoms with Crippen molar-refractivity contribution in [1.82, 2.24) is 0 Å². The Morgan fingerprint density at radius 3 is 0.356 bits per heavy atom. The number of hydrogen-bond donors (Lipinski definition) is 0. The second-order valence-electron chi connectivity index (χ2n) is 14.8. The minimum atomic E-state index is -0.510. The molecule has 0 N–H and O–H groups in total. The molecular formula is C45H60. The van der Waals surface area contributed by atoms with Crippen LogP contribution in [0.3, 0.4) is 0 Å². The number of benzene rings is 4. The van der Waals surface area contributed by atoms with E-state index in [2.05, 4.69) is 138 Å². The SMILES string of the molecule is Cc1c(C)c(C)c(C(c2c(C)c(C)c(C)c(C)c2C)(c2c(C)c(C)c(C)c(C)c2C)c2c(C)c(C)c(C)c(C)c2C)c(C)c1C. The van der Waals surface area contributed by atoms with Crippen molar-refractivity contribution in [1.29, 1.82) is 0 Å². The maximum atomic E-state index is 2.41. The van der Waals surface area contributed by atoms with Crippen molar-refractivity contribution in [2.24, 2.45) is 0 Å². The highest BCUT2D eigenvalue weighted by Crippen LogP contribution is 2.57. The quantitative estimate of drug-likeness (QED) is 0.204. The summed E-state index contributed by atoms with van der Waals surface area (Å²) < 4.78 is 0. The molecule has 240 valence electrons. The Labute approximate surface area is 276 Å². The normalized spacial score (nSPS) is 12.0. The van der Waals surface area contributed by atoms with Crippen molar-refractivity contribution in [2.75, 3.05) is 0 Å². The molecule has 0 heterocycles. The molecule has 0 bridgehead atoms. The summed E-state index contributed by atoms with van der Waals surface area (Å²) in [5, 5.41) is 0. The molecular weight excluding hydrogens is 540 g/mol. The van der Waals surface area contributed by atoms with Gasteiger partial charge in [0.25, 0.3) is 0 Å². The lowest BCUT2D eigenvalue weighted by Crippen LogP contribution is -2.39. The summed E-state index contributed by atoms with van der Waals surface area (Å²) >= 11 is 0. The second kappa shape index (κ2) is 11.6. The molecule has 0 spiro atoms. The first kappa shape index (κ1) is 34.7. The van der Waals surface area contributed by atoms with Gasteiger partial charge in [0.05, 0.1) is 5.41 Å². The van der Waals surface area contributed by atoms with E-state index in [1.165, 1.54) is 134 Å². The fourth-order valence-electron chi connectivity index (χ4n) is 9.00. The van der Waals surface area contributed by atoms with Crippen LogP contribution in [0.25, 0.3) is 0 Å². The second-order valence-corrected chi connectivity index (χ2v) is 14.8. The summed E-state index contributed by atoms with van der Waals surface area (Å²) in [5.74, 6) is 0. The zero-order valence-corrected chi connectivity index (χ0v) is 32.5. The Balaban J connectivity index is 2.69. The lowest BCUT2D eigenvalue weighted by atomic mass is 9.55. The van der Waals surface area contributed by atoms with E-state index in [0.29, 0.717) is 0 Å². The largest absolute Gasteiger partial charge is 0.0722 e. The smallest absolute Gasteiger partial charge is 0.0447 e. The van der Waals surface area contributed by atoms with E-state index in [-0.39, 0.29) is 0 Å². The van der Waals surface area contributed by atoms with E-state index in [1.807, 2.05) is 0 Å². The molecule has 0 saturated heterocycles. The number of rotatable bonds is 4. The summed E-state index contributed by atoms with van der Waals surface area (Å²) in [4.78, 5) is 0. The lowest BCUT2D eigenvalue weighted by molar-refractivity contribution is 0.684. The highest BCUT2D eigenvalue weighted by atomic mass is 14.5. The molecule has 0 aliphatic heterocycles. The van der Waals surface area contributed by atoms with Crippen LogP contribution in [0.4, 0.5) is 0 Å². The fourth-order valence-corrected chi connectivity index (χ4v) is 9.00. The molecule has 4 aromatic rings. The van der Waals surface area contributed by atoms with Crippen LogP contribution in [-0.4, -0.2) is 0 Å². The van der Waals surface area contributed by atoms with Gasteiger partial charge in [0, 0.05) is 0 Å². The van der Waals surface area contributed by atoms with E-state index in [9.17, 15) is 0 Å². The lowest BCUT2D eigenvalue weighted by Gasteiger charge is -2.47. The summed E-state index contributed by atoms with van der Waals surface area (Å²) in [6, 6.07) is 0. The van der Waals surface area contributed by atoms with Crippen molar-refractivity contribution in [3.05, 3.63) is 134 Å². The van der Waals surface area contributed by atoms with E-state index in [1.54, 1.807) is 0 Å². The van der Waals surface area contributed by atoms with Gasteiger partial charge in [0.1, 0.15) is 0 Å². The molecule has 4 rings (SSSR count). The number of hydrogen-bond acceptors (Lipinski definition) is 0. The van der Waals surface area contributed by atoms with Crippen molar-refractivity contribution in [3.63, 3.8) is 0 Å². The first-order valence-corrected chi connectivity index (χ1v) is 17.0. The van der Waals surface area contributed by atoms with Gasteiger partial charge in [-0.1, -0.05) is 0 Å². The summed E-state index contributed by atoms with van der Waals surface area (Å²) in [6.45, 7) is 47.4. The minimum Gasteiger partial charge on any atom is -0.0447 e. The Kier molecular flexibility index (Phi) is 8.95. The van der Waals surface area contributed by atoms with Gasteiger partial charge >= 0.3 is 0 Å². The Morgan fingerprint density at radius 1 is 0.156 bits per heavy atom. The van der Waals surface area contributed by atoms with Gasteiger partial charge in [-0.2, -0.15) is 0 Å². The zero-order valence-electron chi connectivity index (χ0n) is 32.5. The molecule has 0 atom stereocenters. The maximum absolute atomic E-state index is 2.41. The van der Waals surface area contributed by atoms with Crippen LogP contribution >= 0.6 is 0 Å². The third-order valence-corrected chi connectivity index (χ3v) is 13.5. The monoisotopic (exact) mass is 600 g/mol. The first-order valence-electron chi connectivity index (χ1n) is 17.0. The molecule has 0 aliphatic rings. The standard InChI is InChI=1S/C45H60/c1-21-25(5)33(13)41(34(14)26(21)6)45(42-35(15)27(7)22(2)28(8)36(42)16,43-37(17)29(9)23(3)30(10)38(43)18)44-39(19)31(11)24(4)32(12)40(44)20/h1-20H3. The van der Waals surface area contributed by atoms with Gasteiger partial charge in [-0.05, 0) is 272 Å². The molecule has 0 aliphatic carbocycles. The van der Waals surface area contributed by atoms with Gasteiger partial charge < -0.3 is 0 Å². The average molecular weight is 601 g/mol. The van der Waals surface area contributed by atoms with Crippen LogP contribution in [0, 0.1) is 138 Å². The predicted octanol–water partition coefficient (Wildman–Crippen LogP) is 12.2. The van der Waals surface area contributed by atoms with Crippen LogP contribution < -0.4 is 0 Å². The fraction of sp³-hybridized carbons (Fsp3) is 0.467. The molecule has 0 radical (unpaired) electrons. The Morgan fingerprint density at radius 2 is 0.244 bits per heavy atom. The molecule has 0 heteroatoms. The average Bonchev–Trinajstić information content (AvgIpc) is 3.00. The van der Waals surface area contributed by atoms with E-state index >= 15 is 0 Å². The Hall–Kier alpha value is -3.12. The zero-order chi connectivity index (χ0) is 34.4. The molecule has 45 heavy (non-hydrogen) atoms. The van der Waals surface area contributed by atoms with E-state index in [0.717, 1.165) is 0 Å². The molecule has 0 saturated carbocycles. The van der Waals surface area contributed by atoms with Crippen molar-refractivity contribution >= 4 is 0 Å². The van der Waals surface area contributed by atoms with Gasteiger partial charge in [0.15, 0.2) is 0 Å². The summed E-state index contributed by atoms with van der Waals surface area (Å²) in [6.07, 6.45) is 0. The van der Waals surface area contributed by atoms with Gasteiger partial charge in [-0.3, -0.25) is 0 Å². The van der Waals surface area contributed by atoms with Crippen LogP contribution in [0.2, 0.25) is 0 Å². The van der Waals surface area contributed by atoms with Gasteiger partial charge in [-0.15, -0.1) is 0 Å². The topological polar surface area (TPSA) is 0 Å². The summed E-state index contributed by atoms with van der Waals surface area (Å²) in [5.41, 5.74) is 33.8. The molecule has 4 aromatic carbocycles. The van der Waals surface area contributed by atoms with Crippen molar-refractivity contribution in [2.45, 2.75) is 144 Å². The third-order valence-electron chi connectivity index (χ3n) is 13.5. The Bertz CT molecular complexity index is 1520. The highest BCUT2D eigenvalue weighted by molar-refractivity contribution is 5.76. The highest BCUT2D eigenvalue weighted by Gasteiger charge is 2.48. The van der Waals surface area contributed by atoms with Crippen molar-refractivity contribution in [3.8, 4) is 0 Å². The van der Waals surface area contributed by atoms with Gasteiger partial charge in [0.2, 0.25) is 0 Å². The van der Waals surface area contributed by atoms with Crippen LogP contribution in [0.1, 0.15) is 134 Å². The van der Waals surface area contributed by atoms with Crippen LogP contribution in [0.15, 0.2) is 0 Å².